The molecule has 0 bridgehead atoms. The van der Waals surface area contributed by atoms with Gasteiger partial charge in [0.15, 0.2) is 0 Å². The highest BCUT2D eigenvalue weighted by atomic mass is 19.1. The zero-order valence-corrected chi connectivity index (χ0v) is 15.8. The van der Waals surface area contributed by atoms with Gasteiger partial charge in [0, 0.05) is 26.9 Å². The number of allylic oxidation sites excluding steroid dienone is 1. The molecule has 0 unspecified atom stereocenters. The third-order valence-electron chi connectivity index (χ3n) is 4.90. The van der Waals surface area contributed by atoms with Gasteiger partial charge in [0.1, 0.15) is 5.82 Å². The number of nitrogens with one attached hydrogen (secondary N) is 2. The second kappa shape index (κ2) is 7.69. The van der Waals surface area contributed by atoms with Crippen molar-refractivity contribution in [3.8, 4) is 11.1 Å². The number of hydrogen-bond acceptors (Lipinski definition) is 2. The van der Waals surface area contributed by atoms with Crippen LogP contribution in [0.1, 0.15) is 19.5 Å². The SMILES string of the molecule is C=C(Cc1cccc(F)c1)NCc1ccc(C)c(-c2ccc3[nH]ncc3c2)c1.[HH].[HH]. The van der Waals surface area contributed by atoms with Gasteiger partial charge in [0.25, 0.3) is 0 Å². The van der Waals surface area contributed by atoms with Gasteiger partial charge in [-0.25, -0.2) is 4.39 Å². The van der Waals surface area contributed by atoms with Crippen molar-refractivity contribution in [1.29, 1.82) is 0 Å². The average molecular weight is 375 g/mol. The molecule has 4 aromatic rings. The summed E-state index contributed by atoms with van der Waals surface area (Å²) in [4.78, 5) is 0. The van der Waals surface area contributed by atoms with Gasteiger partial charge < -0.3 is 5.32 Å². The van der Waals surface area contributed by atoms with E-state index in [0.717, 1.165) is 22.2 Å². The Hall–Kier alpha value is -3.40. The first-order valence-electron chi connectivity index (χ1n) is 9.27. The summed E-state index contributed by atoms with van der Waals surface area (Å²) in [7, 11) is 0. The van der Waals surface area contributed by atoms with Crippen molar-refractivity contribution in [2.75, 3.05) is 0 Å². The Morgan fingerprint density at radius 2 is 2.00 bits per heavy atom. The van der Waals surface area contributed by atoms with Crippen molar-refractivity contribution in [2.45, 2.75) is 19.9 Å². The van der Waals surface area contributed by atoms with E-state index in [0.29, 0.717) is 13.0 Å². The van der Waals surface area contributed by atoms with Gasteiger partial charge in [-0.1, -0.05) is 36.9 Å². The Bertz CT molecular complexity index is 1150. The Labute approximate surface area is 166 Å². The molecular weight excluding hydrogens is 349 g/mol. The molecule has 0 aliphatic carbocycles. The van der Waals surface area contributed by atoms with Crippen LogP contribution in [0, 0.1) is 12.7 Å². The van der Waals surface area contributed by atoms with Crippen LogP contribution in [0.5, 0.6) is 0 Å². The molecule has 1 heterocycles. The zero-order valence-electron chi connectivity index (χ0n) is 15.8. The van der Waals surface area contributed by atoms with Crippen LogP contribution in [0.4, 0.5) is 4.39 Å². The number of hydrogen-bond donors (Lipinski definition) is 2. The minimum atomic E-state index is -0.219. The molecule has 0 atom stereocenters. The lowest BCUT2D eigenvalue weighted by atomic mass is 9.97. The number of H-pyrrole nitrogens is 1. The molecule has 4 rings (SSSR count). The summed E-state index contributed by atoms with van der Waals surface area (Å²) in [5.41, 5.74) is 7.60. The van der Waals surface area contributed by atoms with E-state index in [9.17, 15) is 4.39 Å². The summed E-state index contributed by atoms with van der Waals surface area (Å²) in [6, 6.07) is 19.4. The maximum atomic E-state index is 13.3. The molecule has 0 aliphatic rings. The second-order valence-electron chi connectivity index (χ2n) is 7.09. The van der Waals surface area contributed by atoms with Crippen molar-refractivity contribution in [3.05, 3.63) is 102 Å². The lowest BCUT2D eigenvalue weighted by Gasteiger charge is -2.13. The van der Waals surface area contributed by atoms with Crippen LogP contribution in [-0.2, 0) is 13.0 Å². The first kappa shape index (κ1) is 18.0. The highest BCUT2D eigenvalue weighted by molar-refractivity contribution is 5.84. The average Bonchev–Trinajstić information content (AvgIpc) is 3.15. The number of halogens is 1. The summed E-state index contributed by atoms with van der Waals surface area (Å²) in [6.45, 7) is 6.87. The molecule has 144 valence electrons. The van der Waals surface area contributed by atoms with E-state index in [4.69, 9.17) is 0 Å². The molecule has 0 saturated carbocycles. The van der Waals surface area contributed by atoms with E-state index < -0.39 is 0 Å². The third-order valence-corrected chi connectivity index (χ3v) is 4.90. The first-order valence-corrected chi connectivity index (χ1v) is 9.27. The lowest BCUT2D eigenvalue weighted by molar-refractivity contribution is 0.625. The van der Waals surface area contributed by atoms with Crippen molar-refractivity contribution < 1.29 is 7.24 Å². The summed E-state index contributed by atoms with van der Waals surface area (Å²) >= 11 is 0. The van der Waals surface area contributed by atoms with Gasteiger partial charge in [0.05, 0.1) is 11.7 Å². The number of aryl methyl sites for hydroxylation is 1. The molecule has 4 heteroatoms. The maximum absolute atomic E-state index is 13.3. The van der Waals surface area contributed by atoms with E-state index in [1.165, 1.54) is 28.3 Å². The molecule has 0 fully saturated rings. The molecule has 1 aromatic heterocycles. The minimum absolute atomic E-state index is 0. The molecule has 28 heavy (non-hydrogen) atoms. The number of rotatable bonds is 6. The maximum Gasteiger partial charge on any atom is 0.123 e. The standard InChI is InChI=1S/C24H22FN3.2H2/c1-16-6-7-19(14-26-17(2)10-18-4-3-5-22(25)11-18)12-23(16)20-8-9-24-21(13-20)15-27-28-24;;/h3-9,11-13,15,26H,2,10,14H2,1H3,(H,27,28);2*1H. The lowest BCUT2D eigenvalue weighted by Crippen LogP contribution is -2.14. The number of aromatic nitrogens is 2. The second-order valence-corrected chi connectivity index (χ2v) is 7.09. The minimum Gasteiger partial charge on any atom is -0.384 e. The summed E-state index contributed by atoms with van der Waals surface area (Å²) in [6.07, 6.45) is 2.45. The quantitative estimate of drug-likeness (QED) is 0.433. The zero-order chi connectivity index (χ0) is 19.5. The molecule has 3 aromatic carbocycles. The van der Waals surface area contributed by atoms with Gasteiger partial charge in [0.2, 0.25) is 0 Å². The highest BCUT2D eigenvalue weighted by Crippen LogP contribution is 2.27. The van der Waals surface area contributed by atoms with E-state index in [1.807, 2.05) is 12.3 Å². The fourth-order valence-electron chi connectivity index (χ4n) is 3.38. The number of aromatic amines is 1. The monoisotopic (exact) mass is 375 g/mol. The first-order chi connectivity index (χ1) is 13.6. The van der Waals surface area contributed by atoms with E-state index in [2.05, 4.69) is 65.4 Å². The van der Waals surface area contributed by atoms with Gasteiger partial charge in [-0.05, 0) is 65.1 Å². The Kier molecular flexibility index (Phi) is 4.94. The smallest absolute Gasteiger partial charge is 0.123 e. The van der Waals surface area contributed by atoms with Gasteiger partial charge in [-0.15, -0.1) is 0 Å². The van der Waals surface area contributed by atoms with Crippen LogP contribution in [-0.4, -0.2) is 10.2 Å². The Morgan fingerprint density at radius 3 is 2.86 bits per heavy atom. The molecule has 3 nitrogen and oxygen atoms in total. The molecule has 2 N–H and O–H groups in total. The van der Waals surface area contributed by atoms with E-state index in [1.54, 1.807) is 12.1 Å². The number of benzene rings is 3. The van der Waals surface area contributed by atoms with Crippen molar-refractivity contribution in [1.82, 2.24) is 15.5 Å². The van der Waals surface area contributed by atoms with Crippen LogP contribution in [0.15, 0.2) is 79.1 Å². The van der Waals surface area contributed by atoms with Crippen molar-refractivity contribution >= 4 is 10.9 Å². The summed E-state index contributed by atoms with van der Waals surface area (Å²) < 4.78 is 13.3. The third kappa shape index (κ3) is 3.96. The summed E-state index contributed by atoms with van der Waals surface area (Å²) in [5, 5.41) is 11.5. The van der Waals surface area contributed by atoms with Crippen molar-refractivity contribution in [3.63, 3.8) is 0 Å². The van der Waals surface area contributed by atoms with E-state index >= 15 is 0 Å². The largest absolute Gasteiger partial charge is 0.384 e. The fourth-order valence-corrected chi connectivity index (χ4v) is 3.38. The Balaban J connectivity index is 0.00000160. The van der Waals surface area contributed by atoms with Crippen molar-refractivity contribution in [2.24, 2.45) is 0 Å². The van der Waals surface area contributed by atoms with E-state index in [-0.39, 0.29) is 8.67 Å². The topological polar surface area (TPSA) is 40.7 Å². The predicted octanol–water partition coefficient (Wildman–Crippen LogP) is 6.02. The molecular formula is C24H26FN3. The molecule has 0 amide bonds. The fraction of sp³-hybridized carbons (Fsp3) is 0.125. The van der Waals surface area contributed by atoms with Gasteiger partial charge in [-0.3, -0.25) is 5.10 Å². The van der Waals surface area contributed by atoms with Crippen LogP contribution < -0.4 is 5.32 Å². The number of fused-ring (bicyclic) bond motifs is 1. The predicted molar refractivity (Wildman–Crippen MR) is 117 cm³/mol. The summed E-state index contributed by atoms with van der Waals surface area (Å²) in [5.74, 6) is -0.219. The molecule has 0 spiro atoms. The number of nitrogens with zero attached hydrogens (tertiary/aromatic N) is 1. The van der Waals surface area contributed by atoms with Crippen LogP contribution in [0.25, 0.3) is 22.0 Å². The highest BCUT2D eigenvalue weighted by Gasteiger charge is 2.06. The molecule has 0 aliphatic heterocycles. The van der Waals surface area contributed by atoms with Gasteiger partial charge in [-0.2, -0.15) is 5.10 Å². The molecule has 0 saturated heterocycles. The normalized spacial score (nSPS) is 10.9. The van der Waals surface area contributed by atoms with Crippen LogP contribution >= 0.6 is 0 Å². The molecule has 0 radical (unpaired) electrons. The van der Waals surface area contributed by atoms with Crippen LogP contribution in [0.3, 0.4) is 0 Å². The van der Waals surface area contributed by atoms with Gasteiger partial charge >= 0.3 is 0 Å². The Morgan fingerprint density at radius 1 is 1.11 bits per heavy atom. The van der Waals surface area contributed by atoms with Crippen LogP contribution in [0.2, 0.25) is 0 Å².